The Morgan fingerprint density at radius 2 is 1.78 bits per heavy atom. The number of hydrogen-bond donors (Lipinski definition) is 0. The molecule has 11 nitrogen and oxygen atoms in total. The standard InChI is InChI=1S/C30H38F4N6O5Si/c1-18-13-19(30(32,33)34)14-24(35-18)40-22(16-39(27(40)42)28(43)45-29(2,3)4)26(41)37(5)23-10-9-20-21(31)15-38(25(20)36-23)17-44-11-12-46(6,7)8/h9-10,13-15,22H,11-12,16-17H2,1-8H3/t22-/m0/s1. The minimum absolute atomic E-state index is 0.0231. The van der Waals surface area contributed by atoms with Crippen LogP contribution < -0.4 is 9.80 Å². The number of urea groups is 1. The molecule has 4 amide bonds. The summed E-state index contributed by atoms with van der Waals surface area (Å²) in [4.78, 5) is 51.6. The van der Waals surface area contributed by atoms with Crippen molar-refractivity contribution in [1.29, 1.82) is 0 Å². The number of imide groups is 1. The number of hydrogen-bond acceptors (Lipinski definition) is 7. The molecule has 0 unspecified atom stereocenters. The molecular weight excluding hydrogens is 628 g/mol. The monoisotopic (exact) mass is 666 g/mol. The molecule has 3 aromatic rings. The molecule has 0 aromatic carbocycles. The Labute approximate surface area is 265 Å². The Balaban J connectivity index is 1.69. The minimum Gasteiger partial charge on any atom is -0.443 e. The van der Waals surface area contributed by atoms with Crippen molar-refractivity contribution in [2.24, 2.45) is 0 Å². The summed E-state index contributed by atoms with van der Waals surface area (Å²) in [5.41, 5.74) is -1.95. The van der Waals surface area contributed by atoms with E-state index in [0.717, 1.165) is 21.9 Å². The van der Waals surface area contributed by atoms with E-state index in [1.54, 1.807) is 20.8 Å². The fourth-order valence-corrected chi connectivity index (χ4v) is 5.48. The van der Waals surface area contributed by atoms with Crippen LogP contribution in [-0.4, -0.2) is 77.4 Å². The molecule has 1 fully saturated rings. The first-order valence-electron chi connectivity index (χ1n) is 14.6. The third-order valence-electron chi connectivity index (χ3n) is 7.08. The van der Waals surface area contributed by atoms with Crippen LogP contribution >= 0.6 is 0 Å². The van der Waals surface area contributed by atoms with Gasteiger partial charge < -0.3 is 14.0 Å². The number of fused-ring (bicyclic) bond motifs is 1. The maximum Gasteiger partial charge on any atom is 0.418 e. The third-order valence-corrected chi connectivity index (χ3v) is 8.78. The summed E-state index contributed by atoms with van der Waals surface area (Å²) in [6.07, 6.45) is -4.60. The lowest BCUT2D eigenvalue weighted by atomic mass is 10.2. The zero-order valence-corrected chi connectivity index (χ0v) is 28.0. The van der Waals surface area contributed by atoms with Gasteiger partial charge in [-0.2, -0.15) is 13.2 Å². The van der Waals surface area contributed by atoms with E-state index in [4.69, 9.17) is 9.47 Å². The molecule has 0 radical (unpaired) electrons. The summed E-state index contributed by atoms with van der Waals surface area (Å²) >= 11 is 0. The zero-order chi connectivity index (χ0) is 34.4. The summed E-state index contributed by atoms with van der Waals surface area (Å²) in [5.74, 6) is -1.73. The van der Waals surface area contributed by atoms with Gasteiger partial charge in [-0.15, -0.1) is 0 Å². The maximum atomic E-state index is 14.7. The molecule has 1 atom stereocenters. The number of amides is 4. The Morgan fingerprint density at radius 3 is 2.39 bits per heavy atom. The van der Waals surface area contributed by atoms with Crippen LogP contribution in [0.15, 0.2) is 30.5 Å². The largest absolute Gasteiger partial charge is 0.443 e. The van der Waals surface area contributed by atoms with E-state index in [9.17, 15) is 31.9 Å². The normalized spacial score (nSPS) is 16.0. The van der Waals surface area contributed by atoms with Gasteiger partial charge in [0.2, 0.25) is 0 Å². The van der Waals surface area contributed by atoms with Crippen LogP contribution in [0.1, 0.15) is 32.0 Å². The van der Waals surface area contributed by atoms with Crippen LogP contribution in [0.3, 0.4) is 0 Å². The minimum atomic E-state index is -4.77. The highest BCUT2D eigenvalue weighted by Crippen LogP contribution is 2.34. The number of ether oxygens (including phenoxy) is 2. The van der Waals surface area contributed by atoms with Crippen molar-refractivity contribution >= 4 is 48.8 Å². The number of likely N-dealkylation sites (N-methyl/N-ethyl adjacent to an activating group) is 1. The quantitative estimate of drug-likeness (QED) is 0.155. The first kappa shape index (κ1) is 34.8. The lowest BCUT2D eigenvalue weighted by molar-refractivity contribution is -0.137. The first-order chi connectivity index (χ1) is 21.2. The number of anilines is 2. The fraction of sp³-hybridized carbons (Fsp3) is 0.500. The average Bonchev–Trinajstić information content (AvgIpc) is 3.44. The molecule has 4 rings (SSSR count). The van der Waals surface area contributed by atoms with Crippen molar-refractivity contribution in [1.82, 2.24) is 19.4 Å². The zero-order valence-electron chi connectivity index (χ0n) is 27.0. The molecule has 0 spiro atoms. The van der Waals surface area contributed by atoms with Gasteiger partial charge in [0.25, 0.3) is 5.91 Å². The van der Waals surface area contributed by atoms with Crippen molar-refractivity contribution in [3.63, 3.8) is 0 Å². The summed E-state index contributed by atoms with van der Waals surface area (Å²) in [5, 5.41) is 0.191. The van der Waals surface area contributed by atoms with Crippen molar-refractivity contribution < 1.29 is 41.4 Å². The number of carbonyl (C=O) groups excluding carboxylic acids is 3. The number of rotatable bonds is 8. The molecule has 1 aliphatic heterocycles. The molecule has 250 valence electrons. The molecule has 1 saturated heterocycles. The number of aromatic nitrogens is 3. The maximum absolute atomic E-state index is 14.7. The topological polar surface area (TPSA) is 110 Å². The van der Waals surface area contributed by atoms with E-state index in [0.29, 0.717) is 17.6 Å². The van der Waals surface area contributed by atoms with Gasteiger partial charge in [-0.1, -0.05) is 19.6 Å². The number of alkyl halides is 3. The van der Waals surface area contributed by atoms with E-state index in [1.165, 1.54) is 36.9 Å². The average molecular weight is 667 g/mol. The van der Waals surface area contributed by atoms with E-state index in [-0.39, 0.29) is 29.3 Å². The van der Waals surface area contributed by atoms with E-state index < -0.39 is 67.7 Å². The molecule has 46 heavy (non-hydrogen) atoms. The van der Waals surface area contributed by atoms with Gasteiger partial charge in [0.1, 0.15) is 41.5 Å². The Hall–Kier alpha value is -4.05. The Bertz CT molecular complexity index is 1650. The van der Waals surface area contributed by atoms with Crippen LogP contribution in [0.5, 0.6) is 0 Å². The molecule has 0 saturated carbocycles. The van der Waals surface area contributed by atoms with E-state index >= 15 is 0 Å². The molecule has 0 aliphatic carbocycles. The van der Waals surface area contributed by atoms with Gasteiger partial charge in [0.15, 0.2) is 0 Å². The molecule has 0 bridgehead atoms. The molecule has 0 N–H and O–H groups in total. The van der Waals surface area contributed by atoms with Crippen LogP contribution in [0, 0.1) is 12.7 Å². The summed E-state index contributed by atoms with van der Waals surface area (Å²) in [7, 11) is -0.00172. The van der Waals surface area contributed by atoms with Crippen LogP contribution in [0.2, 0.25) is 25.7 Å². The summed E-state index contributed by atoms with van der Waals surface area (Å²) < 4.78 is 68.4. The lowest BCUT2D eigenvalue weighted by Crippen LogP contribution is -2.47. The summed E-state index contributed by atoms with van der Waals surface area (Å²) in [6.45, 7) is 12.6. The van der Waals surface area contributed by atoms with Gasteiger partial charge in [-0.05, 0) is 58.0 Å². The number of carbonyl (C=O) groups is 3. The highest BCUT2D eigenvalue weighted by atomic mass is 28.3. The van der Waals surface area contributed by atoms with Crippen molar-refractivity contribution in [2.75, 3.05) is 30.0 Å². The third kappa shape index (κ3) is 7.83. The molecule has 1 aliphatic rings. The molecule has 4 heterocycles. The van der Waals surface area contributed by atoms with Crippen molar-refractivity contribution in [2.45, 2.75) is 77.9 Å². The second-order valence-electron chi connectivity index (χ2n) is 13.3. The van der Waals surface area contributed by atoms with Gasteiger partial charge in [-0.25, -0.2) is 28.8 Å². The smallest absolute Gasteiger partial charge is 0.418 e. The molecule has 16 heteroatoms. The van der Waals surface area contributed by atoms with Gasteiger partial charge in [0, 0.05) is 33.6 Å². The van der Waals surface area contributed by atoms with Gasteiger partial charge >= 0.3 is 18.3 Å². The predicted octanol–water partition coefficient (Wildman–Crippen LogP) is 6.42. The van der Waals surface area contributed by atoms with Crippen molar-refractivity contribution in [3.05, 3.63) is 47.5 Å². The second kappa shape index (κ2) is 12.6. The van der Waals surface area contributed by atoms with Gasteiger partial charge in [-0.3, -0.25) is 14.6 Å². The number of aryl methyl sites for hydroxylation is 1. The van der Waals surface area contributed by atoms with Crippen molar-refractivity contribution in [3.8, 4) is 0 Å². The van der Waals surface area contributed by atoms with Crippen LogP contribution in [0.4, 0.5) is 38.8 Å². The molecular formula is C30H38F4N6O5Si. The Morgan fingerprint density at radius 1 is 1.11 bits per heavy atom. The first-order valence-corrected chi connectivity index (χ1v) is 18.3. The van der Waals surface area contributed by atoms with E-state index in [1.807, 2.05) is 0 Å². The molecule has 3 aromatic heterocycles. The lowest BCUT2D eigenvalue weighted by Gasteiger charge is -2.26. The highest BCUT2D eigenvalue weighted by Gasteiger charge is 2.49. The van der Waals surface area contributed by atoms with Gasteiger partial charge in [0.05, 0.1) is 17.5 Å². The predicted molar refractivity (Wildman–Crippen MR) is 166 cm³/mol. The summed E-state index contributed by atoms with van der Waals surface area (Å²) in [6, 6.07) is 2.62. The van der Waals surface area contributed by atoms with E-state index in [2.05, 4.69) is 29.6 Å². The number of nitrogens with zero attached hydrogens (tertiary/aromatic N) is 6. The number of pyridine rings is 2. The van der Waals surface area contributed by atoms with Crippen LogP contribution in [-0.2, 0) is 27.2 Å². The number of halogens is 4. The van der Waals surface area contributed by atoms with Crippen LogP contribution in [0.25, 0.3) is 11.0 Å². The SMILES string of the molecule is Cc1cc(C(F)(F)F)cc(N2C(=O)N(C(=O)OC(C)(C)C)C[C@H]2C(=O)N(C)c2ccc3c(F)cn(COCC[Si](C)(C)C)c3n2)n1. The fourth-order valence-electron chi connectivity index (χ4n) is 4.72. The Kier molecular flexibility index (Phi) is 9.55. The second-order valence-corrected chi connectivity index (χ2v) is 19.0. The highest BCUT2D eigenvalue weighted by molar-refractivity contribution is 6.76.